The summed E-state index contributed by atoms with van der Waals surface area (Å²) < 4.78 is 4.23. The van der Waals surface area contributed by atoms with Crippen LogP contribution in [0.3, 0.4) is 0 Å². The first-order valence-corrected chi connectivity index (χ1v) is 8.51. The van der Waals surface area contributed by atoms with Crippen LogP contribution < -0.4 is 16.6 Å². The summed E-state index contributed by atoms with van der Waals surface area (Å²) in [5.74, 6) is 0.297. The molecule has 0 saturated carbocycles. The fraction of sp³-hybridized carbons (Fsp3) is 0.389. The molecular formula is C18H23N5O3. The molecule has 3 rings (SSSR count). The number of hydrogen-bond donors (Lipinski definition) is 2. The molecule has 0 aliphatic heterocycles. The third-order valence-corrected chi connectivity index (χ3v) is 4.58. The number of hydrogen-bond acceptors (Lipinski definition) is 5. The van der Waals surface area contributed by atoms with Crippen molar-refractivity contribution in [1.82, 2.24) is 24.0 Å². The molecule has 1 aromatic carbocycles. The first-order chi connectivity index (χ1) is 12.4. The van der Waals surface area contributed by atoms with Crippen LogP contribution in [0.15, 0.2) is 40.2 Å². The molecule has 26 heavy (non-hydrogen) atoms. The van der Waals surface area contributed by atoms with E-state index in [2.05, 4.69) is 10.3 Å². The van der Waals surface area contributed by atoms with Crippen molar-refractivity contribution in [2.75, 3.05) is 6.54 Å². The number of aromatic hydroxyl groups is 1. The predicted octanol–water partition coefficient (Wildman–Crippen LogP) is 0.360. The third-order valence-electron chi connectivity index (χ3n) is 4.58. The minimum Gasteiger partial charge on any atom is -0.508 e. The van der Waals surface area contributed by atoms with Crippen molar-refractivity contribution in [1.29, 1.82) is 0 Å². The van der Waals surface area contributed by atoms with E-state index in [1.807, 2.05) is 19.1 Å². The third kappa shape index (κ3) is 3.28. The molecule has 0 aliphatic rings. The van der Waals surface area contributed by atoms with Crippen LogP contribution in [0.2, 0.25) is 0 Å². The molecule has 0 fully saturated rings. The zero-order chi connectivity index (χ0) is 18.8. The molecule has 2 heterocycles. The fourth-order valence-electron chi connectivity index (χ4n) is 3.08. The van der Waals surface area contributed by atoms with Gasteiger partial charge in [0, 0.05) is 33.2 Å². The van der Waals surface area contributed by atoms with Gasteiger partial charge < -0.3 is 15.0 Å². The lowest BCUT2D eigenvalue weighted by Gasteiger charge is -2.15. The van der Waals surface area contributed by atoms with Gasteiger partial charge in [0.25, 0.3) is 5.56 Å². The second-order valence-corrected chi connectivity index (χ2v) is 6.50. The molecule has 0 saturated heterocycles. The largest absolute Gasteiger partial charge is 0.508 e. The van der Waals surface area contributed by atoms with Gasteiger partial charge in [-0.15, -0.1) is 0 Å². The number of fused-ring (bicyclic) bond motifs is 1. The van der Waals surface area contributed by atoms with Gasteiger partial charge in [0.1, 0.15) is 5.75 Å². The van der Waals surface area contributed by atoms with Crippen LogP contribution in [0.5, 0.6) is 5.75 Å². The first-order valence-electron chi connectivity index (χ1n) is 8.51. The van der Waals surface area contributed by atoms with Gasteiger partial charge >= 0.3 is 5.69 Å². The highest BCUT2D eigenvalue weighted by atomic mass is 16.3. The number of nitrogens with zero attached hydrogens (tertiary/aromatic N) is 4. The lowest BCUT2D eigenvalue weighted by molar-refractivity contribution is 0.457. The number of nitrogens with one attached hydrogen (secondary N) is 1. The molecule has 3 aromatic rings. The normalized spacial score (nSPS) is 12.6. The number of aromatic nitrogens is 4. The summed E-state index contributed by atoms with van der Waals surface area (Å²) in [4.78, 5) is 28.6. The highest BCUT2D eigenvalue weighted by molar-refractivity contribution is 5.69. The molecule has 2 aromatic heterocycles. The van der Waals surface area contributed by atoms with Crippen molar-refractivity contribution in [2.45, 2.75) is 25.9 Å². The van der Waals surface area contributed by atoms with E-state index in [0.717, 1.165) is 10.1 Å². The molecule has 2 N–H and O–H groups in total. The molecule has 8 heteroatoms. The van der Waals surface area contributed by atoms with Crippen LogP contribution >= 0.6 is 0 Å². The van der Waals surface area contributed by atoms with E-state index in [0.29, 0.717) is 36.4 Å². The van der Waals surface area contributed by atoms with Crippen LogP contribution in [0.25, 0.3) is 11.2 Å². The quantitative estimate of drug-likeness (QED) is 0.664. The summed E-state index contributed by atoms with van der Waals surface area (Å²) in [7, 11) is 3.07. The van der Waals surface area contributed by atoms with Crippen LogP contribution in [0, 0.1) is 0 Å². The smallest absolute Gasteiger partial charge is 0.332 e. The van der Waals surface area contributed by atoms with E-state index in [4.69, 9.17) is 0 Å². The SMILES string of the molecule is CC(Cc1ccccc1O)NCCn1cnc2c1c(=O)n(C)c(=O)n2C. The number of rotatable bonds is 6. The number of aryl methyl sites for hydroxylation is 1. The first kappa shape index (κ1) is 17.9. The van der Waals surface area contributed by atoms with Crippen molar-refractivity contribution in [3.05, 3.63) is 57.0 Å². The Balaban J connectivity index is 1.70. The van der Waals surface area contributed by atoms with Gasteiger partial charge in [-0.05, 0) is 25.0 Å². The molecule has 1 unspecified atom stereocenters. The number of phenols is 1. The standard InChI is InChI=1S/C18H23N5O3/c1-12(10-13-6-4-5-7-14(13)24)19-8-9-23-11-20-16-15(23)17(25)22(3)18(26)21(16)2/h4-7,11-12,19,24H,8-10H2,1-3H3. The van der Waals surface area contributed by atoms with E-state index in [1.165, 1.54) is 11.6 Å². The fourth-order valence-corrected chi connectivity index (χ4v) is 3.08. The van der Waals surface area contributed by atoms with E-state index < -0.39 is 0 Å². The van der Waals surface area contributed by atoms with Gasteiger partial charge in [-0.25, -0.2) is 9.78 Å². The summed E-state index contributed by atoms with van der Waals surface area (Å²) in [5.41, 5.74) is 0.972. The van der Waals surface area contributed by atoms with E-state index in [9.17, 15) is 14.7 Å². The lowest BCUT2D eigenvalue weighted by atomic mass is 10.1. The Labute approximate surface area is 150 Å². The highest BCUT2D eigenvalue weighted by Gasteiger charge is 2.14. The zero-order valence-electron chi connectivity index (χ0n) is 15.1. The van der Waals surface area contributed by atoms with Gasteiger partial charge in [-0.2, -0.15) is 0 Å². The van der Waals surface area contributed by atoms with Crippen LogP contribution in [0.1, 0.15) is 12.5 Å². The second-order valence-electron chi connectivity index (χ2n) is 6.50. The Morgan fingerprint density at radius 3 is 2.65 bits per heavy atom. The molecular weight excluding hydrogens is 334 g/mol. The van der Waals surface area contributed by atoms with Crippen LogP contribution in [0.4, 0.5) is 0 Å². The van der Waals surface area contributed by atoms with Gasteiger partial charge in [0.2, 0.25) is 0 Å². The van der Waals surface area contributed by atoms with Gasteiger partial charge in [-0.1, -0.05) is 18.2 Å². The van der Waals surface area contributed by atoms with Crippen LogP contribution in [-0.2, 0) is 27.1 Å². The Morgan fingerprint density at radius 1 is 1.19 bits per heavy atom. The van der Waals surface area contributed by atoms with Crippen molar-refractivity contribution in [3.63, 3.8) is 0 Å². The lowest BCUT2D eigenvalue weighted by Crippen LogP contribution is -2.38. The predicted molar refractivity (Wildman–Crippen MR) is 99.5 cm³/mol. The maximum Gasteiger partial charge on any atom is 0.332 e. The average molecular weight is 357 g/mol. The summed E-state index contributed by atoms with van der Waals surface area (Å²) in [6.07, 6.45) is 2.29. The highest BCUT2D eigenvalue weighted by Crippen LogP contribution is 2.17. The number of phenolic OH excluding ortho intramolecular Hbond substituents is 1. The van der Waals surface area contributed by atoms with Crippen molar-refractivity contribution >= 4 is 11.2 Å². The molecule has 1 atom stereocenters. The monoisotopic (exact) mass is 357 g/mol. The maximum atomic E-state index is 12.4. The Bertz CT molecular complexity index is 1050. The minimum absolute atomic E-state index is 0.158. The number of benzene rings is 1. The Morgan fingerprint density at radius 2 is 1.92 bits per heavy atom. The van der Waals surface area contributed by atoms with Crippen LogP contribution in [-0.4, -0.2) is 36.4 Å². The Hall–Kier alpha value is -2.87. The summed E-state index contributed by atoms with van der Waals surface area (Å²) >= 11 is 0. The van der Waals surface area contributed by atoms with E-state index in [1.54, 1.807) is 30.1 Å². The molecule has 0 bridgehead atoms. The van der Waals surface area contributed by atoms with Crippen molar-refractivity contribution < 1.29 is 5.11 Å². The number of imidazole rings is 1. The van der Waals surface area contributed by atoms with Crippen molar-refractivity contribution in [2.24, 2.45) is 14.1 Å². The van der Waals surface area contributed by atoms with Gasteiger partial charge in [0.15, 0.2) is 11.2 Å². The maximum absolute atomic E-state index is 12.4. The summed E-state index contributed by atoms with van der Waals surface area (Å²) in [6, 6.07) is 7.44. The molecule has 0 amide bonds. The van der Waals surface area contributed by atoms with E-state index in [-0.39, 0.29) is 17.3 Å². The Kier molecular flexibility index (Phi) is 4.94. The molecule has 0 aliphatic carbocycles. The molecule has 138 valence electrons. The minimum atomic E-state index is -0.387. The second kappa shape index (κ2) is 7.17. The number of para-hydroxylation sites is 1. The van der Waals surface area contributed by atoms with Crippen molar-refractivity contribution in [3.8, 4) is 5.75 Å². The molecule has 0 radical (unpaired) electrons. The summed E-state index contributed by atoms with van der Waals surface area (Å²) in [6.45, 7) is 3.22. The zero-order valence-corrected chi connectivity index (χ0v) is 15.1. The summed E-state index contributed by atoms with van der Waals surface area (Å²) in [5, 5.41) is 13.2. The van der Waals surface area contributed by atoms with E-state index >= 15 is 0 Å². The molecule has 8 nitrogen and oxygen atoms in total. The van der Waals surface area contributed by atoms with Gasteiger partial charge in [0.05, 0.1) is 6.33 Å². The van der Waals surface area contributed by atoms with Gasteiger partial charge in [-0.3, -0.25) is 13.9 Å². The average Bonchev–Trinajstić information content (AvgIpc) is 3.04. The topological polar surface area (TPSA) is 94.1 Å². The molecule has 0 spiro atoms.